The Balaban J connectivity index is 1.07. The summed E-state index contributed by atoms with van der Waals surface area (Å²) in [6.45, 7) is 0. The Morgan fingerprint density at radius 2 is 0.404 bits per heavy atom. The van der Waals surface area contributed by atoms with Gasteiger partial charge < -0.3 is 9.80 Å². The molecule has 0 aliphatic rings. The number of halogens is 2. The molecule has 0 amide bonds. The van der Waals surface area contributed by atoms with Crippen molar-refractivity contribution in [3.8, 4) is 33.4 Å². The highest BCUT2D eigenvalue weighted by Crippen LogP contribution is 2.39. The predicted octanol–water partition coefficient (Wildman–Crippen LogP) is 15.2. The van der Waals surface area contributed by atoms with Crippen molar-refractivity contribution in [1.29, 1.82) is 0 Å². The third-order valence-electron chi connectivity index (χ3n) is 9.22. The zero-order chi connectivity index (χ0) is 35.3. The topological polar surface area (TPSA) is 6.48 Å². The van der Waals surface area contributed by atoms with Gasteiger partial charge >= 0.3 is 0 Å². The van der Waals surface area contributed by atoms with Crippen molar-refractivity contribution in [2.75, 3.05) is 9.80 Å². The SMILES string of the molecule is Brc1ccc(-c2ccc(N(c3ccccc3)c3ccc(-c4ccc(N(c5ccccc5)c5ccc(-c6ccc(Br)cc6)cc5)cc4)cc3)cc2)cc1. The summed E-state index contributed by atoms with van der Waals surface area (Å²) in [4.78, 5) is 4.61. The van der Waals surface area contributed by atoms with Crippen LogP contribution < -0.4 is 9.80 Å². The minimum atomic E-state index is 1.08. The van der Waals surface area contributed by atoms with Gasteiger partial charge in [0.25, 0.3) is 0 Å². The Hall–Kier alpha value is -5.68. The average Bonchev–Trinajstić information content (AvgIpc) is 3.21. The molecule has 0 aliphatic carbocycles. The largest absolute Gasteiger partial charge is 0.311 e. The van der Waals surface area contributed by atoms with Crippen molar-refractivity contribution in [3.05, 3.63) is 215 Å². The molecule has 0 aromatic heterocycles. The van der Waals surface area contributed by atoms with Crippen LogP contribution in [0.25, 0.3) is 33.4 Å². The fourth-order valence-corrected chi connectivity index (χ4v) is 7.07. The maximum atomic E-state index is 3.55. The molecule has 0 unspecified atom stereocenters. The predicted molar refractivity (Wildman–Crippen MR) is 228 cm³/mol. The molecule has 8 aromatic carbocycles. The first-order chi connectivity index (χ1) is 25.6. The molecule has 8 aromatic rings. The van der Waals surface area contributed by atoms with E-state index in [0.717, 1.165) is 43.1 Å². The summed E-state index contributed by atoms with van der Waals surface area (Å²) in [5.74, 6) is 0. The molecule has 0 heterocycles. The van der Waals surface area contributed by atoms with E-state index in [-0.39, 0.29) is 0 Å². The Morgan fingerprint density at radius 1 is 0.212 bits per heavy atom. The van der Waals surface area contributed by atoms with Crippen LogP contribution in [0.15, 0.2) is 215 Å². The highest BCUT2D eigenvalue weighted by atomic mass is 79.9. The van der Waals surface area contributed by atoms with Gasteiger partial charge in [-0.1, -0.05) is 141 Å². The smallest absolute Gasteiger partial charge is 0.0462 e. The monoisotopic (exact) mass is 796 g/mol. The zero-order valence-corrected chi connectivity index (χ0v) is 31.5. The lowest BCUT2D eigenvalue weighted by Gasteiger charge is -2.26. The van der Waals surface area contributed by atoms with Crippen LogP contribution in [0.1, 0.15) is 0 Å². The quantitative estimate of drug-likeness (QED) is 0.144. The highest BCUT2D eigenvalue weighted by Gasteiger charge is 2.15. The molecule has 0 aliphatic heterocycles. The average molecular weight is 799 g/mol. The number of hydrogen-bond donors (Lipinski definition) is 0. The lowest BCUT2D eigenvalue weighted by molar-refractivity contribution is 1.28. The van der Waals surface area contributed by atoms with E-state index in [9.17, 15) is 0 Å². The van der Waals surface area contributed by atoms with Crippen LogP contribution in [0.5, 0.6) is 0 Å². The molecule has 0 saturated carbocycles. The Morgan fingerprint density at radius 3 is 0.635 bits per heavy atom. The van der Waals surface area contributed by atoms with E-state index in [1.807, 2.05) is 0 Å². The van der Waals surface area contributed by atoms with Gasteiger partial charge in [0.2, 0.25) is 0 Å². The van der Waals surface area contributed by atoms with Gasteiger partial charge in [-0.15, -0.1) is 0 Å². The van der Waals surface area contributed by atoms with Gasteiger partial charge in [0.15, 0.2) is 0 Å². The van der Waals surface area contributed by atoms with Gasteiger partial charge in [0.1, 0.15) is 0 Å². The van der Waals surface area contributed by atoms with Gasteiger partial charge in [0.05, 0.1) is 0 Å². The summed E-state index contributed by atoms with van der Waals surface area (Å²) in [5.41, 5.74) is 13.7. The van der Waals surface area contributed by atoms with Crippen molar-refractivity contribution in [3.63, 3.8) is 0 Å². The molecule has 0 fully saturated rings. The van der Waals surface area contributed by atoms with Crippen LogP contribution in [-0.4, -0.2) is 0 Å². The van der Waals surface area contributed by atoms with Gasteiger partial charge in [-0.25, -0.2) is 0 Å². The molecule has 0 N–H and O–H groups in total. The fraction of sp³-hybridized carbons (Fsp3) is 0. The second-order valence-electron chi connectivity index (χ2n) is 12.5. The normalized spacial score (nSPS) is 10.9. The zero-order valence-electron chi connectivity index (χ0n) is 28.3. The molecule has 0 bridgehead atoms. The second kappa shape index (κ2) is 15.3. The number of hydrogen-bond acceptors (Lipinski definition) is 2. The van der Waals surface area contributed by atoms with E-state index in [1.54, 1.807) is 0 Å². The summed E-state index contributed by atoms with van der Waals surface area (Å²) in [6.07, 6.45) is 0. The van der Waals surface area contributed by atoms with Gasteiger partial charge in [0, 0.05) is 43.1 Å². The van der Waals surface area contributed by atoms with E-state index in [2.05, 4.69) is 248 Å². The van der Waals surface area contributed by atoms with E-state index >= 15 is 0 Å². The van der Waals surface area contributed by atoms with Crippen LogP contribution in [0.3, 0.4) is 0 Å². The van der Waals surface area contributed by atoms with Crippen molar-refractivity contribution in [2.24, 2.45) is 0 Å². The maximum absolute atomic E-state index is 3.55. The summed E-state index contributed by atoms with van der Waals surface area (Å²) >= 11 is 7.09. The number of anilines is 6. The third kappa shape index (κ3) is 7.36. The van der Waals surface area contributed by atoms with Crippen LogP contribution in [0.2, 0.25) is 0 Å². The molecule has 52 heavy (non-hydrogen) atoms. The molecule has 0 spiro atoms. The number of rotatable bonds is 9. The minimum absolute atomic E-state index is 1.08. The summed E-state index contributed by atoms with van der Waals surface area (Å²) in [5, 5.41) is 0. The highest BCUT2D eigenvalue weighted by molar-refractivity contribution is 9.10. The van der Waals surface area contributed by atoms with Gasteiger partial charge in [-0.2, -0.15) is 0 Å². The molecule has 2 nitrogen and oxygen atoms in total. The number of benzene rings is 8. The summed E-state index contributed by atoms with van der Waals surface area (Å²) < 4.78 is 2.16. The third-order valence-corrected chi connectivity index (χ3v) is 10.3. The lowest BCUT2D eigenvalue weighted by Crippen LogP contribution is -2.10. The first kappa shape index (κ1) is 33.5. The number of nitrogens with zero attached hydrogens (tertiary/aromatic N) is 2. The van der Waals surface area contributed by atoms with E-state index in [0.29, 0.717) is 0 Å². The van der Waals surface area contributed by atoms with E-state index < -0.39 is 0 Å². The van der Waals surface area contributed by atoms with E-state index in [1.165, 1.54) is 33.4 Å². The molecule has 0 atom stereocenters. The summed E-state index contributed by atoms with van der Waals surface area (Å²) in [7, 11) is 0. The van der Waals surface area contributed by atoms with Crippen LogP contribution in [0.4, 0.5) is 34.1 Å². The fourth-order valence-electron chi connectivity index (χ4n) is 6.55. The summed E-state index contributed by atoms with van der Waals surface area (Å²) in [6, 6.07) is 73.2. The number of para-hydroxylation sites is 2. The van der Waals surface area contributed by atoms with Crippen molar-refractivity contribution < 1.29 is 0 Å². The Bertz CT molecular complexity index is 2180. The minimum Gasteiger partial charge on any atom is -0.311 e. The first-order valence-corrected chi connectivity index (χ1v) is 18.8. The van der Waals surface area contributed by atoms with Crippen molar-refractivity contribution in [2.45, 2.75) is 0 Å². The molecule has 0 saturated heterocycles. The Labute approximate surface area is 322 Å². The molecule has 250 valence electrons. The van der Waals surface area contributed by atoms with E-state index in [4.69, 9.17) is 0 Å². The van der Waals surface area contributed by atoms with Gasteiger partial charge in [-0.3, -0.25) is 0 Å². The van der Waals surface area contributed by atoms with Crippen LogP contribution >= 0.6 is 31.9 Å². The second-order valence-corrected chi connectivity index (χ2v) is 14.4. The standard InChI is InChI=1S/C48H34Br2N2/c49-41-23-11-35(12-24-41)37-15-27-45(28-16-37)51(43-7-3-1-4-8-43)47-31-19-39(20-32-47)40-21-33-48(34-22-40)52(44-9-5-2-6-10-44)46-29-17-38(18-30-46)36-13-25-42(50)26-14-36/h1-34H. The first-order valence-electron chi connectivity index (χ1n) is 17.2. The lowest BCUT2D eigenvalue weighted by atomic mass is 10.0. The van der Waals surface area contributed by atoms with Gasteiger partial charge in [-0.05, 0) is 130 Å². The molecule has 4 heteroatoms. The van der Waals surface area contributed by atoms with Crippen molar-refractivity contribution in [1.82, 2.24) is 0 Å². The molecule has 0 radical (unpaired) electrons. The molecular weight excluding hydrogens is 764 g/mol. The maximum Gasteiger partial charge on any atom is 0.0462 e. The molecule has 8 rings (SSSR count). The van der Waals surface area contributed by atoms with Crippen LogP contribution in [0, 0.1) is 0 Å². The van der Waals surface area contributed by atoms with Crippen molar-refractivity contribution >= 4 is 66.0 Å². The Kier molecular flexibility index (Phi) is 9.84. The van der Waals surface area contributed by atoms with Crippen LogP contribution in [-0.2, 0) is 0 Å². The molecular formula is C48H34Br2N2.